The number of hydrogen-bond donors (Lipinski definition) is 0. The van der Waals surface area contributed by atoms with Gasteiger partial charge in [0.25, 0.3) is 0 Å². The van der Waals surface area contributed by atoms with E-state index >= 15 is 0 Å². The van der Waals surface area contributed by atoms with Gasteiger partial charge in [0.2, 0.25) is 11.8 Å². The molecule has 0 radical (unpaired) electrons. The van der Waals surface area contributed by atoms with E-state index in [1.54, 1.807) is 11.8 Å². The van der Waals surface area contributed by atoms with Crippen LogP contribution in [0.25, 0.3) is 0 Å². The molecule has 8 nitrogen and oxygen atoms in total. The number of carbonyl (C=O) groups excluding carboxylic acids is 1. The first-order chi connectivity index (χ1) is 12.0. The molecule has 0 N–H and O–H groups in total. The molecule has 0 aromatic carbocycles. The van der Waals surface area contributed by atoms with Crippen molar-refractivity contribution >= 4 is 5.91 Å². The maximum atomic E-state index is 12.3. The van der Waals surface area contributed by atoms with Crippen LogP contribution in [-0.4, -0.2) is 58.8 Å². The van der Waals surface area contributed by atoms with Crippen molar-refractivity contribution in [1.29, 1.82) is 10.5 Å². The van der Waals surface area contributed by atoms with E-state index in [4.69, 9.17) is 15.3 Å². The van der Waals surface area contributed by atoms with Crippen molar-refractivity contribution in [3.05, 3.63) is 11.3 Å². The molecule has 1 aromatic heterocycles. The quantitative estimate of drug-likeness (QED) is 0.688. The van der Waals surface area contributed by atoms with E-state index in [9.17, 15) is 4.79 Å². The van der Waals surface area contributed by atoms with Crippen molar-refractivity contribution in [3.8, 4) is 18.0 Å². The van der Waals surface area contributed by atoms with Crippen LogP contribution in [0.5, 0.6) is 5.88 Å². The Hall–Kier alpha value is -2.58. The fourth-order valence-corrected chi connectivity index (χ4v) is 3.50. The number of methoxy groups -OCH3 is 1. The van der Waals surface area contributed by atoms with E-state index in [0.717, 1.165) is 36.5 Å². The Bertz CT molecular complexity index is 683. The lowest BCUT2D eigenvalue weighted by atomic mass is 10.0. The lowest BCUT2D eigenvalue weighted by Gasteiger charge is -2.25. The van der Waals surface area contributed by atoms with Crippen LogP contribution >= 0.6 is 0 Å². The topological polar surface area (TPSA) is 98.2 Å². The summed E-state index contributed by atoms with van der Waals surface area (Å²) >= 11 is 0. The zero-order valence-corrected chi connectivity index (χ0v) is 15.0. The highest BCUT2D eigenvalue weighted by Crippen LogP contribution is 2.38. The lowest BCUT2D eigenvalue weighted by Crippen LogP contribution is -2.35. The van der Waals surface area contributed by atoms with Gasteiger partial charge in [-0.1, -0.05) is 0 Å². The van der Waals surface area contributed by atoms with Gasteiger partial charge in [-0.3, -0.25) is 9.69 Å². The van der Waals surface area contributed by atoms with Crippen LogP contribution in [-0.2, 0) is 11.8 Å². The monoisotopic (exact) mass is 344 g/mol. The first kappa shape index (κ1) is 18.8. The Morgan fingerprint density at radius 2 is 2.08 bits per heavy atom. The molecule has 0 spiro atoms. The zero-order chi connectivity index (χ0) is 18.4. The maximum absolute atomic E-state index is 12.3. The summed E-state index contributed by atoms with van der Waals surface area (Å²) in [4.78, 5) is 15.8. The van der Waals surface area contributed by atoms with E-state index in [-0.39, 0.29) is 25.0 Å². The molecule has 1 amide bonds. The van der Waals surface area contributed by atoms with Gasteiger partial charge in [0.1, 0.15) is 13.1 Å². The maximum Gasteiger partial charge on any atom is 0.225 e. The molecule has 0 saturated carbocycles. The van der Waals surface area contributed by atoms with Crippen LogP contribution in [0.4, 0.5) is 0 Å². The minimum atomic E-state index is -0.163. The number of aryl methyl sites for hydroxylation is 2. The van der Waals surface area contributed by atoms with Crippen LogP contribution < -0.4 is 4.74 Å². The van der Waals surface area contributed by atoms with Crippen LogP contribution in [0.2, 0.25) is 0 Å². The number of aromatic nitrogens is 2. The van der Waals surface area contributed by atoms with Gasteiger partial charge in [-0.15, -0.1) is 0 Å². The van der Waals surface area contributed by atoms with Crippen molar-refractivity contribution in [3.63, 3.8) is 0 Å². The van der Waals surface area contributed by atoms with Crippen LogP contribution in [0.1, 0.15) is 36.6 Å². The number of likely N-dealkylation sites (tertiary alicyclic amines) is 1. The Labute approximate surface area is 148 Å². The summed E-state index contributed by atoms with van der Waals surface area (Å²) in [6.45, 7) is 3.37. The fourth-order valence-electron chi connectivity index (χ4n) is 3.50. The van der Waals surface area contributed by atoms with Crippen LogP contribution in [0, 0.1) is 29.6 Å². The summed E-state index contributed by atoms with van der Waals surface area (Å²) in [6, 6.07) is 4.05. The molecule has 0 aliphatic carbocycles. The Balaban J connectivity index is 2.07. The number of rotatable bonds is 7. The van der Waals surface area contributed by atoms with Crippen molar-refractivity contribution in [2.75, 3.05) is 33.3 Å². The number of hydrogen-bond acceptors (Lipinski definition) is 6. The van der Waals surface area contributed by atoms with Crippen LogP contribution in [0.15, 0.2) is 0 Å². The van der Waals surface area contributed by atoms with Gasteiger partial charge in [0, 0.05) is 26.1 Å². The first-order valence-electron chi connectivity index (χ1n) is 8.36. The second-order valence-electron chi connectivity index (χ2n) is 6.14. The number of carbonyl (C=O) groups is 1. The summed E-state index contributed by atoms with van der Waals surface area (Å²) < 4.78 is 7.26. The van der Waals surface area contributed by atoms with Gasteiger partial charge < -0.3 is 9.64 Å². The molecule has 1 aliphatic rings. The summed E-state index contributed by atoms with van der Waals surface area (Å²) in [5.74, 6) is 0.597. The van der Waals surface area contributed by atoms with Crippen molar-refractivity contribution in [2.24, 2.45) is 7.05 Å². The Morgan fingerprint density at radius 3 is 2.68 bits per heavy atom. The minimum absolute atomic E-state index is 0.0502. The molecular weight excluding hydrogens is 320 g/mol. The molecule has 1 fully saturated rings. The predicted octanol–water partition coefficient (Wildman–Crippen LogP) is 1.14. The second kappa shape index (κ2) is 8.50. The zero-order valence-electron chi connectivity index (χ0n) is 15.0. The van der Waals surface area contributed by atoms with Gasteiger partial charge in [0.15, 0.2) is 0 Å². The van der Waals surface area contributed by atoms with Gasteiger partial charge in [-0.2, -0.15) is 15.6 Å². The van der Waals surface area contributed by atoms with Gasteiger partial charge in [0.05, 0.1) is 30.5 Å². The van der Waals surface area contributed by atoms with E-state index in [1.165, 1.54) is 4.90 Å². The molecule has 1 aliphatic heterocycles. The fraction of sp³-hybridized carbons (Fsp3) is 0.647. The molecule has 2 heterocycles. The third kappa shape index (κ3) is 4.09. The van der Waals surface area contributed by atoms with Crippen molar-refractivity contribution < 1.29 is 9.53 Å². The third-order valence-corrected chi connectivity index (χ3v) is 4.59. The largest absolute Gasteiger partial charge is 0.481 e. The van der Waals surface area contributed by atoms with Crippen molar-refractivity contribution in [1.82, 2.24) is 19.6 Å². The summed E-state index contributed by atoms with van der Waals surface area (Å²) in [5.41, 5.74) is 2.03. The van der Waals surface area contributed by atoms with Gasteiger partial charge >= 0.3 is 0 Å². The molecule has 2 rings (SSSR count). The first-order valence-corrected chi connectivity index (χ1v) is 8.36. The molecule has 8 heteroatoms. The smallest absolute Gasteiger partial charge is 0.225 e. The molecular formula is C17H24N6O2. The average molecular weight is 344 g/mol. The molecule has 0 bridgehead atoms. The molecule has 1 atom stereocenters. The molecule has 1 saturated heterocycles. The number of ether oxygens (including phenoxy) is 1. The van der Waals surface area contributed by atoms with Gasteiger partial charge in [-0.25, -0.2) is 4.68 Å². The number of amides is 1. The summed E-state index contributed by atoms with van der Waals surface area (Å²) in [6.07, 6.45) is 2.34. The Kier molecular flexibility index (Phi) is 6.37. The molecule has 25 heavy (non-hydrogen) atoms. The highest BCUT2D eigenvalue weighted by atomic mass is 16.5. The van der Waals surface area contributed by atoms with Gasteiger partial charge in [-0.05, 0) is 26.3 Å². The molecule has 0 unspecified atom stereocenters. The Morgan fingerprint density at radius 1 is 1.40 bits per heavy atom. The standard InChI is InChI=1S/C17H24N6O2/c1-13-16(17(25-3)21(2)20-13)14-5-4-9-22(14)10-6-15(24)23(11-7-18)12-8-19/h14H,4-6,9-12H2,1-3H3/t14-/m1/s1. The summed E-state index contributed by atoms with van der Waals surface area (Å²) in [7, 11) is 3.50. The number of nitriles is 2. The second-order valence-corrected chi connectivity index (χ2v) is 6.14. The SMILES string of the molecule is COc1c([C@H]2CCCN2CCC(=O)N(CC#N)CC#N)c(C)nn1C. The lowest BCUT2D eigenvalue weighted by molar-refractivity contribution is -0.130. The van der Waals surface area contributed by atoms with E-state index < -0.39 is 0 Å². The highest BCUT2D eigenvalue weighted by Gasteiger charge is 2.32. The predicted molar refractivity (Wildman–Crippen MR) is 90.5 cm³/mol. The van der Waals surface area contributed by atoms with Crippen LogP contribution in [0.3, 0.4) is 0 Å². The number of nitrogens with zero attached hydrogens (tertiary/aromatic N) is 6. The highest BCUT2D eigenvalue weighted by molar-refractivity contribution is 5.76. The normalized spacial score (nSPS) is 17.1. The van der Waals surface area contributed by atoms with E-state index in [2.05, 4.69) is 10.00 Å². The summed E-state index contributed by atoms with van der Waals surface area (Å²) in [5, 5.41) is 22.0. The molecule has 1 aromatic rings. The third-order valence-electron chi connectivity index (χ3n) is 4.59. The van der Waals surface area contributed by atoms with E-state index in [0.29, 0.717) is 13.0 Å². The molecule has 134 valence electrons. The van der Waals surface area contributed by atoms with E-state index in [1.807, 2.05) is 26.1 Å². The van der Waals surface area contributed by atoms with Crippen molar-refractivity contribution in [2.45, 2.75) is 32.2 Å². The minimum Gasteiger partial charge on any atom is -0.481 e. The average Bonchev–Trinajstić information content (AvgIpc) is 3.15.